The fourth-order valence-corrected chi connectivity index (χ4v) is 1.93. The molecule has 0 aromatic heterocycles. The fourth-order valence-electron chi connectivity index (χ4n) is 1.93. The Morgan fingerprint density at radius 1 is 1.41 bits per heavy atom. The van der Waals surface area contributed by atoms with Crippen molar-refractivity contribution in [2.45, 2.75) is 39.2 Å². The third-order valence-corrected chi connectivity index (χ3v) is 3.06. The van der Waals surface area contributed by atoms with Gasteiger partial charge in [0, 0.05) is 0 Å². The first kappa shape index (κ1) is 14.0. The summed E-state index contributed by atoms with van der Waals surface area (Å²) in [6, 6.07) is 4.83. The fraction of sp³-hybridized carbons (Fsp3) is 0.571. The van der Waals surface area contributed by atoms with E-state index in [0.29, 0.717) is 6.42 Å². The number of rotatable bonds is 6. The molecule has 0 saturated heterocycles. The van der Waals surface area contributed by atoms with Crippen LogP contribution in [0.25, 0.3) is 0 Å². The van der Waals surface area contributed by atoms with Crippen molar-refractivity contribution in [3.05, 3.63) is 29.6 Å². The summed E-state index contributed by atoms with van der Waals surface area (Å²) in [6.07, 6.45) is 2.11. The third kappa shape index (κ3) is 4.00. The van der Waals surface area contributed by atoms with E-state index in [2.05, 4.69) is 6.92 Å². The molecular formula is C14H21FO2. The van der Waals surface area contributed by atoms with Crippen molar-refractivity contribution in [3.63, 3.8) is 0 Å². The van der Waals surface area contributed by atoms with Crippen LogP contribution in [0.5, 0.6) is 5.75 Å². The minimum atomic E-state index is -0.414. The van der Waals surface area contributed by atoms with E-state index in [-0.39, 0.29) is 17.5 Å². The summed E-state index contributed by atoms with van der Waals surface area (Å²) >= 11 is 0. The van der Waals surface area contributed by atoms with Gasteiger partial charge in [-0.15, -0.1) is 0 Å². The Hall–Kier alpha value is -1.09. The second-order valence-electron chi connectivity index (χ2n) is 4.51. The van der Waals surface area contributed by atoms with Crippen LogP contribution in [0, 0.1) is 11.7 Å². The van der Waals surface area contributed by atoms with Gasteiger partial charge < -0.3 is 9.84 Å². The lowest BCUT2D eigenvalue weighted by atomic mass is 9.94. The Morgan fingerprint density at radius 2 is 2.12 bits per heavy atom. The number of aliphatic hydroxyl groups excluding tert-OH is 1. The number of hydrogen-bond donors (Lipinski definition) is 1. The van der Waals surface area contributed by atoms with Gasteiger partial charge >= 0.3 is 0 Å². The first-order valence-corrected chi connectivity index (χ1v) is 6.09. The summed E-state index contributed by atoms with van der Waals surface area (Å²) in [5.74, 6) is 0.107. The van der Waals surface area contributed by atoms with Crippen molar-refractivity contribution in [2.75, 3.05) is 7.11 Å². The number of aliphatic hydroxyl groups is 1. The van der Waals surface area contributed by atoms with E-state index in [9.17, 15) is 9.50 Å². The monoisotopic (exact) mass is 240 g/mol. The lowest BCUT2D eigenvalue weighted by Crippen LogP contribution is -2.20. The number of hydrogen-bond acceptors (Lipinski definition) is 2. The number of halogens is 1. The normalized spacial score (nSPS) is 14.4. The lowest BCUT2D eigenvalue weighted by molar-refractivity contribution is 0.111. The van der Waals surface area contributed by atoms with Gasteiger partial charge in [0.25, 0.3) is 0 Å². The zero-order valence-electron chi connectivity index (χ0n) is 10.7. The van der Waals surface area contributed by atoms with Crippen molar-refractivity contribution in [1.29, 1.82) is 0 Å². The van der Waals surface area contributed by atoms with E-state index < -0.39 is 6.10 Å². The molecule has 1 rings (SSSR count). The molecule has 0 radical (unpaired) electrons. The maximum absolute atomic E-state index is 13.4. The third-order valence-electron chi connectivity index (χ3n) is 3.06. The second kappa shape index (κ2) is 6.60. The highest BCUT2D eigenvalue weighted by atomic mass is 19.1. The highest BCUT2D eigenvalue weighted by molar-refractivity contribution is 5.29. The van der Waals surface area contributed by atoms with Gasteiger partial charge in [-0.05, 0) is 36.5 Å². The highest BCUT2D eigenvalue weighted by Gasteiger charge is 2.14. The van der Waals surface area contributed by atoms with Crippen LogP contribution < -0.4 is 4.74 Å². The van der Waals surface area contributed by atoms with Crippen LogP contribution in [-0.2, 0) is 6.42 Å². The van der Waals surface area contributed by atoms with E-state index in [1.807, 2.05) is 6.92 Å². The van der Waals surface area contributed by atoms with Crippen LogP contribution in [0.4, 0.5) is 4.39 Å². The molecule has 0 aliphatic carbocycles. The zero-order chi connectivity index (χ0) is 12.8. The summed E-state index contributed by atoms with van der Waals surface area (Å²) in [5.41, 5.74) is 0.804. The Balaban J connectivity index is 2.65. The van der Waals surface area contributed by atoms with Gasteiger partial charge in [0.1, 0.15) is 0 Å². The van der Waals surface area contributed by atoms with Crippen molar-refractivity contribution < 1.29 is 14.2 Å². The average Bonchev–Trinajstić information content (AvgIpc) is 2.29. The van der Waals surface area contributed by atoms with E-state index in [0.717, 1.165) is 18.4 Å². The summed E-state index contributed by atoms with van der Waals surface area (Å²) in [6.45, 7) is 4.12. The van der Waals surface area contributed by atoms with Crippen LogP contribution in [0.15, 0.2) is 18.2 Å². The molecule has 2 nitrogen and oxygen atoms in total. The smallest absolute Gasteiger partial charge is 0.165 e. The van der Waals surface area contributed by atoms with Crippen molar-refractivity contribution in [1.82, 2.24) is 0 Å². The van der Waals surface area contributed by atoms with Gasteiger partial charge in [-0.1, -0.05) is 26.3 Å². The highest BCUT2D eigenvalue weighted by Crippen LogP contribution is 2.20. The minimum Gasteiger partial charge on any atom is -0.494 e. The Kier molecular flexibility index (Phi) is 5.42. The maximum atomic E-state index is 13.4. The van der Waals surface area contributed by atoms with E-state index in [4.69, 9.17) is 4.74 Å². The predicted molar refractivity (Wildman–Crippen MR) is 66.7 cm³/mol. The lowest BCUT2D eigenvalue weighted by Gasteiger charge is -2.18. The van der Waals surface area contributed by atoms with Crippen LogP contribution in [0.3, 0.4) is 0 Å². The van der Waals surface area contributed by atoms with E-state index >= 15 is 0 Å². The summed E-state index contributed by atoms with van der Waals surface area (Å²) in [4.78, 5) is 0. The summed E-state index contributed by atoms with van der Waals surface area (Å²) in [5, 5.41) is 9.97. The SMILES string of the molecule is CCCC(C)C(O)Cc1ccc(OC)c(F)c1. The molecule has 0 spiro atoms. The topological polar surface area (TPSA) is 29.5 Å². The molecule has 0 aliphatic rings. The quantitative estimate of drug-likeness (QED) is 0.827. The first-order chi connectivity index (χ1) is 8.08. The molecule has 96 valence electrons. The molecule has 17 heavy (non-hydrogen) atoms. The molecule has 0 fully saturated rings. The van der Waals surface area contributed by atoms with Gasteiger partial charge in [-0.3, -0.25) is 0 Å². The van der Waals surface area contributed by atoms with E-state index in [1.165, 1.54) is 13.2 Å². The van der Waals surface area contributed by atoms with Gasteiger partial charge in [-0.2, -0.15) is 0 Å². The summed E-state index contributed by atoms with van der Waals surface area (Å²) in [7, 11) is 1.44. The maximum Gasteiger partial charge on any atom is 0.165 e. The number of benzene rings is 1. The van der Waals surface area contributed by atoms with Gasteiger partial charge in [0.05, 0.1) is 13.2 Å². The number of ether oxygens (including phenoxy) is 1. The molecule has 2 unspecified atom stereocenters. The number of methoxy groups -OCH3 is 1. The second-order valence-corrected chi connectivity index (χ2v) is 4.51. The predicted octanol–water partition coefficient (Wildman–Crippen LogP) is 3.17. The van der Waals surface area contributed by atoms with E-state index in [1.54, 1.807) is 12.1 Å². The average molecular weight is 240 g/mol. The largest absolute Gasteiger partial charge is 0.494 e. The van der Waals surface area contributed by atoms with Crippen LogP contribution >= 0.6 is 0 Å². The Labute approximate surface area is 102 Å². The molecule has 3 heteroatoms. The molecule has 0 bridgehead atoms. The molecule has 2 atom stereocenters. The first-order valence-electron chi connectivity index (χ1n) is 6.09. The van der Waals surface area contributed by atoms with Crippen LogP contribution in [0.2, 0.25) is 0 Å². The van der Waals surface area contributed by atoms with Gasteiger partial charge in [0.2, 0.25) is 0 Å². The molecule has 1 N–H and O–H groups in total. The molecule has 1 aromatic carbocycles. The molecule has 0 aliphatic heterocycles. The molecular weight excluding hydrogens is 219 g/mol. The minimum absolute atomic E-state index is 0.241. The van der Waals surface area contributed by atoms with Crippen LogP contribution in [0.1, 0.15) is 32.3 Å². The van der Waals surface area contributed by atoms with Crippen LogP contribution in [-0.4, -0.2) is 18.3 Å². The molecule has 0 saturated carbocycles. The standard InChI is InChI=1S/C14H21FO2/c1-4-5-10(2)13(16)9-11-6-7-14(17-3)12(15)8-11/h6-8,10,13,16H,4-5,9H2,1-3H3. The van der Waals surface area contributed by atoms with Gasteiger partial charge in [-0.25, -0.2) is 4.39 Å². The van der Waals surface area contributed by atoms with Gasteiger partial charge in [0.15, 0.2) is 11.6 Å². The van der Waals surface area contributed by atoms with Crippen molar-refractivity contribution in [2.24, 2.45) is 5.92 Å². The Bertz CT molecular complexity index is 352. The van der Waals surface area contributed by atoms with Crippen molar-refractivity contribution >= 4 is 0 Å². The molecule has 1 aromatic rings. The zero-order valence-corrected chi connectivity index (χ0v) is 10.7. The molecule has 0 amide bonds. The van der Waals surface area contributed by atoms with Crippen molar-refractivity contribution in [3.8, 4) is 5.75 Å². The Morgan fingerprint density at radius 3 is 2.65 bits per heavy atom. The summed E-state index contributed by atoms with van der Waals surface area (Å²) < 4.78 is 18.3. The molecule has 0 heterocycles.